The van der Waals surface area contributed by atoms with Gasteiger partial charge in [-0.3, -0.25) is 14.4 Å². The maximum Gasteiger partial charge on any atom is 0.586 e. The number of alkyl halides is 2. The molecule has 10 nitrogen and oxygen atoms in total. The minimum absolute atomic E-state index is 0.0325. The Labute approximate surface area is 192 Å². The van der Waals surface area contributed by atoms with Crippen LogP contribution in [0.25, 0.3) is 6.08 Å². The topological polar surface area (TPSA) is 111 Å². The van der Waals surface area contributed by atoms with Crippen molar-refractivity contribution in [3.63, 3.8) is 0 Å². The molecule has 2 amide bonds. The lowest BCUT2D eigenvalue weighted by atomic mass is 10.2. The molecule has 1 saturated heterocycles. The first kappa shape index (κ1) is 23.1. The molecule has 4 rings (SSSR count). The summed E-state index contributed by atoms with van der Waals surface area (Å²) < 4.78 is 40.1. The van der Waals surface area contributed by atoms with Gasteiger partial charge >= 0.3 is 6.29 Å². The number of aromatic nitrogens is 2. The van der Waals surface area contributed by atoms with E-state index in [-0.39, 0.29) is 61.0 Å². The van der Waals surface area contributed by atoms with Crippen LogP contribution in [0.3, 0.4) is 0 Å². The number of ketones is 1. The maximum absolute atomic E-state index is 13.1. The number of Topliss-reactive ketones (excluding diaryl/α,β-unsaturated/α-hetero) is 1. The molecule has 0 atom stereocenters. The fourth-order valence-electron chi connectivity index (χ4n) is 3.43. The minimum Gasteiger partial charge on any atom is -0.481 e. The van der Waals surface area contributed by atoms with Crippen LogP contribution in [0.5, 0.6) is 17.4 Å². The van der Waals surface area contributed by atoms with Crippen LogP contribution in [0.4, 0.5) is 8.78 Å². The summed E-state index contributed by atoms with van der Waals surface area (Å²) in [7, 11) is 1.37. The molecule has 0 aliphatic carbocycles. The Morgan fingerprint density at radius 1 is 1.03 bits per heavy atom. The third kappa shape index (κ3) is 4.95. The van der Waals surface area contributed by atoms with Gasteiger partial charge in [-0.15, -0.1) is 8.78 Å². The zero-order chi connectivity index (χ0) is 24.5. The first-order valence-electron chi connectivity index (χ1n) is 10.3. The van der Waals surface area contributed by atoms with E-state index in [4.69, 9.17) is 4.74 Å². The molecule has 0 unspecified atom stereocenters. The second-order valence-corrected chi connectivity index (χ2v) is 7.50. The molecule has 0 saturated carbocycles. The number of ether oxygens (including phenoxy) is 3. The second kappa shape index (κ2) is 9.04. The number of benzene rings is 1. The summed E-state index contributed by atoms with van der Waals surface area (Å²) in [4.78, 5) is 48.0. The summed E-state index contributed by atoms with van der Waals surface area (Å²) in [6.45, 7) is 2.38. The number of piperazine rings is 1. The van der Waals surface area contributed by atoms with Gasteiger partial charge in [0.1, 0.15) is 5.69 Å². The highest BCUT2D eigenvalue weighted by Gasteiger charge is 2.43. The number of carbonyl (C=O) groups excluding carboxylic acids is 3. The van der Waals surface area contributed by atoms with Gasteiger partial charge in [-0.25, -0.2) is 4.98 Å². The molecule has 1 aromatic carbocycles. The van der Waals surface area contributed by atoms with E-state index >= 15 is 0 Å². The number of methoxy groups -OCH3 is 1. The van der Waals surface area contributed by atoms with Gasteiger partial charge in [0.05, 0.1) is 7.11 Å². The quantitative estimate of drug-likeness (QED) is 0.478. The smallest absolute Gasteiger partial charge is 0.481 e. The Morgan fingerprint density at radius 3 is 2.38 bits per heavy atom. The highest BCUT2D eigenvalue weighted by Crippen LogP contribution is 2.41. The van der Waals surface area contributed by atoms with E-state index in [2.05, 4.69) is 19.4 Å². The average molecular weight is 474 g/mol. The molecule has 0 N–H and O–H groups in total. The van der Waals surface area contributed by atoms with E-state index in [1.807, 2.05) is 0 Å². The first-order chi connectivity index (χ1) is 16.1. The van der Waals surface area contributed by atoms with E-state index < -0.39 is 18.0 Å². The molecule has 2 aliphatic heterocycles. The number of carbonyl (C=O) groups is 3. The maximum atomic E-state index is 13.1. The summed E-state index contributed by atoms with van der Waals surface area (Å²) in [5.74, 6) is -1.29. The number of hydrogen-bond acceptors (Lipinski definition) is 8. The normalized spacial score (nSPS) is 16.6. The van der Waals surface area contributed by atoms with Crippen molar-refractivity contribution in [3.8, 4) is 17.4 Å². The Kier molecular flexibility index (Phi) is 6.14. The van der Waals surface area contributed by atoms with Crippen molar-refractivity contribution < 1.29 is 37.4 Å². The predicted molar refractivity (Wildman–Crippen MR) is 113 cm³/mol. The average Bonchev–Trinajstić information content (AvgIpc) is 3.14. The molecule has 0 spiro atoms. The van der Waals surface area contributed by atoms with Crippen LogP contribution in [-0.4, -0.2) is 76.9 Å². The van der Waals surface area contributed by atoms with Crippen molar-refractivity contribution in [1.29, 1.82) is 0 Å². The van der Waals surface area contributed by atoms with Gasteiger partial charge in [0, 0.05) is 45.2 Å². The molecule has 34 heavy (non-hydrogen) atoms. The van der Waals surface area contributed by atoms with Crippen molar-refractivity contribution >= 4 is 23.7 Å². The van der Waals surface area contributed by atoms with Crippen LogP contribution in [0, 0.1) is 0 Å². The van der Waals surface area contributed by atoms with Crippen molar-refractivity contribution in [2.75, 3.05) is 33.3 Å². The Hall–Kier alpha value is -4.09. The van der Waals surface area contributed by atoms with Crippen LogP contribution in [0.1, 0.15) is 33.6 Å². The molecule has 12 heteroatoms. The second-order valence-electron chi connectivity index (χ2n) is 7.50. The largest absolute Gasteiger partial charge is 0.586 e. The molecule has 0 radical (unpaired) electrons. The van der Waals surface area contributed by atoms with Crippen LogP contribution in [0.15, 0.2) is 30.3 Å². The van der Waals surface area contributed by atoms with Crippen LogP contribution < -0.4 is 14.2 Å². The zero-order valence-electron chi connectivity index (χ0n) is 18.3. The van der Waals surface area contributed by atoms with Gasteiger partial charge in [-0.1, -0.05) is 6.07 Å². The Bertz CT molecular complexity index is 1180. The van der Waals surface area contributed by atoms with E-state index in [0.29, 0.717) is 5.56 Å². The van der Waals surface area contributed by atoms with E-state index in [0.717, 1.165) is 0 Å². The third-order valence-corrected chi connectivity index (χ3v) is 5.17. The standard InChI is InChI=1S/C22H20F2N4O6/c1-13(29)20-25-15(12-18(26-20)32-2)21(31)28-9-7-27(8-10-28)19(30)6-4-14-3-5-16-17(11-14)34-22(23,24)33-16/h3-6,11-12H,7-10H2,1-2H3/b6-4+. The number of nitrogens with zero attached hydrogens (tertiary/aromatic N) is 4. The lowest BCUT2D eigenvalue weighted by Crippen LogP contribution is -2.50. The molecular formula is C22H20F2N4O6. The zero-order valence-corrected chi connectivity index (χ0v) is 18.3. The SMILES string of the molecule is COc1cc(C(=O)N2CCN(C(=O)/C=C/c3ccc4c(c3)OC(F)(F)O4)CC2)nc(C(C)=O)n1. The summed E-state index contributed by atoms with van der Waals surface area (Å²) >= 11 is 0. The van der Waals surface area contributed by atoms with Gasteiger partial charge in [0.25, 0.3) is 5.91 Å². The monoisotopic (exact) mass is 474 g/mol. The predicted octanol–water partition coefficient (Wildman–Crippen LogP) is 2.01. The van der Waals surface area contributed by atoms with E-state index in [1.165, 1.54) is 55.4 Å². The number of hydrogen-bond donors (Lipinski definition) is 0. The van der Waals surface area contributed by atoms with Crippen molar-refractivity contribution in [2.24, 2.45) is 0 Å². The number of amides is 2. The summed E-state index contributed by atoms with van der Waals surface area (Å²) in [6.07, 6.45) is -0.903. The lowest BCUT2D eigenvalue weighted by molar-refractivity contribution is -0.286. The lowest BCUT2D eigenvalue weighted by Gasteiger charge is -2.34. The molecule has 1 fully saturated rings. The molecule has 3 heterocycles. The fraction of sp³-hybridized carbons (Fsp3) is 0.318. The third-order valence-electron chi connectivity index (χ3n) is 5.17. The van der Waals surface area contributed by atoms with Gasteiger partial charge in [-0.2, -0.15) is 4.98 Å². The molecule has 0 bridgehead atoms. The van der Waals surface area contributed by atoms with Crippen LogP contribution in [-0.2, 0) is 4.79 Å². The summed E-state index contributed by atoms with van der Waals surface area (Å²) in [5, 5.41) is 0. The summed E-state index contributed by atoms with van der Waals surface area (Å²) in [5.41, 5.74) is 0.520. The number of rotatable bonds is 5. The highest BCUT2D eigenvalue weighted by atomic mass is 19.3. The number of halogens is 2. The Morgan fingerprint density at radius 2 is 1.71 bits per heavy atom. The first-order valence-corrected chi connectivity index (χ1v) is 10.3. The molecule has 178 valence electrons. The van der Waals surface area contributed by atoms with Gasteiger partial charge in [0.2, 0.25) is 11.8 Å². The molecular weight excluding hydrogens is 454 g/mol. The fourth-order valence-corrected chi connectivity index (χ4v) is 3.43. The van der Waals surface area contributed by atoms with Crippen molar-refractivity contribution in [3.05, 3.63) is 47.4 Å². The highest BCUT2D eigenvalue weighted by molar-refractivity contribution is 5.96. The van der Waals surface area contributed by atoms with Crippen LogP contribution >= 0.6 is 0 Å². The number of fused-ring (bicyclic) bond motifs is 1. The van der Waals surface area contributed by atoms with Gasteiger partial charge in [0.15, 0.2) is 23.1 Å². The van der Waals surface area contributed by atoms with Crippen LogP contribution in [0.2, 0.25) is 0 Å². The van der Waals surface area contributed by atoms with Crippen molar-refractivity contribution in [1.82, 2.24) is 19.8 Å². The molecule has 2 aromatic rings. The van der Waals surface area contributed by atoms with Crippen molar-refractivity contribution in [2.45, 2.75) is 13.2 Å². The van der Waals surface area contributed by atoms with E-state index in [9.17, 15) is 23.2 Å². The van der Waals surface area contributed by atoms with Gasteiger partial charge in [-0.05, 0) is 23.8 Å². The summed E-state index contributed by atoms with van der Waals surface area (Å²) in [6, 6.07) is 5.57. The minimum atomic E-state index is -3.71. The molecule has 2 aliphatic rings. The van der Waals surface area contributed by atoms with E-state index in [1.54, 1.807) is 4.90 Å². The van der Waals surface area contributed by atoms with Gasteiger partial charge < -0.3 is 24.0 Å². The Balaban J connectivity index is 1.36. The molecule has 1 aromatic heterocycles.